The number of carbonyl (C=O) groups excluding carboxylic acids is 1. The molecule has 0 aliphatic carbocycles. The number of esters is 1. The van der Waals surface area contributed by atoms with Crippen molar-refractivity contribution in [3.63, 3.8) is 0 Å². The van der Waals surface area contributed by atoms with Crippen molar-refractivity contribution in [3.05, 3.63) is 77.1 Å². The summed E-state index contributed by atoms with van der Waals surface area (Å²) >= 11 is 0. The van der Waals surface area contributed by atoms with Gasteiger partial charge in [-0.25, -0.2) is 0 Å². The number of hydrogen-bond donors (Lipinski definition) is 0. The molecule has 0 radical (unpaired) electrons. The number of methoxy groups -OCH3 is 1. The Morgan fingerprint density at radius 3 is 2.59 bits per heavy atom. The monoisotopic (exact) mass is 362 g/mol. The second kappa shape index (κ2) is 8.78. The molecule has 0 amide bonds. The molecule has 1 heterocycles. The zero-order valence-corrected chi connectivity index (χ0v) is 16.2. The second-order valence-electron chi connectivity index (χ2n) is 7.08. The molecule has 0 atom stereocenters. The van der Waals surface area contributed by atoms with Gasteiger partial charge in [-0.15, -0.1) is 0 Å². The fourth-order valence-electron chi connectivity index (χ4n) is 3.39. The van der Waals surface area contributed by atoms with Gasteiger partial charge in [-0.05, 0) is 48.7 Å². The lowest BCUT2D eigenvalue weighted by Crippen LogP contribution is -2.11. The van der Waals surface area contributed by atoms with Crippen molar-refractivity contribution in [1.29, 1.82) is 0 Å². The summed E-state index contributed by atoms with van der Waals surface area (Å²) in [6.45, 7) is 0.907. The van der Waals surface area contributed by atoms with E-state index in [1.54, 1.807) is 0 Å². The molecule has 0 saturated heterocycles. The molecule has 4 nitrogen and oxygen atoms in total. The SMILES string of the molecule is COC(=O)CCc1cccc(Cc2nccc3c(CN(C)C)cccc23)c1. The molecule has 0 spiro atoms. The van der Waals surface area contributed by atoms with Crippen LogP contribution in [0, 0.1) is 0 Å². The summed E-state index contributed by atoms with van der Waals surface area (Å²) in [5, 5.41) is 2.47. The van der Waals surface area contributed by atoms with Gasteiger partial charge in [-0.3, -0.25) is 9.78 Å². The topological polar surface area (TPSA) is 42.4 Å². The Balaban J connectivity index is 1.85. The Hall–Kier alpha value is -2.72. The van der Waals surface area contributed by atoms with Crippen molar-refractivity contribution >= 4 is 16.7 Å². The van der Waals surface area contributed by atoms with Gasteiger partial charge in [-0.2, -0.15) is 0 Å². The molecule has 0 aliphatic heterocycles. The molecular weight excluding hydrogens is 336 g/mol. The van der Waals surface area contributed by atoms with Crippen LogP contribution in [-0.2, 0) is 28.9 Å². The van der Waals surface area contributed by atoms with E-state index in [2.05, 4.69) is 66.4 Å². The number of nitrogens with zero attached hydrogens (tertiary/aromatic N) is 2. The Bertz CT molecular complexity index is 935. The first-order valence-corrected chi connectivity index (χ1v) is 9.21. The van der Waals surface area contributed by atoms with Crippen LogP contribution in [0.1, 0.15) is 28.8 Å². The maximum Gasteiger partial charge on any atom is 0.305 e. The van der Waals surface area contributed by atoms with Gasteiger partial charge in [0.1, 0.15) is 0 Å². The summed E-state index contributed by atoms with van der Waals surface area (Å²) in [4.78, 5) is 18.2. The van der Waals surface area contributed by atoms with Gasteiger partial charge in [0, 0.05) is 31.0 Å². The first-order valence-electron chi connectivity index (χ1n) is 9.21. The normalized spacial score (nSPS) is 11.1. The van der Waals surface area contributed by atoms with Gasteiger partial charge in [0.05, 0.1) is 12.8 Å². The minimum absolute atomic E-state index is 0.176. The lowest BCUT2D eigenvalue weighted by molar-refractivity contribution is -0.140. The van der Waals surface area contributed by atoms with E-state index in [1.807, 2.05) is 12.3 Å². The minimum Gasteiger partial charge on any atom is -0.469 e. The molecule has 0 N–H and O–H groups in total. The molecule has 4 heteroatoms. The molecule has 3 rings (SSSR count). The van der Waals surface area contributed by atoms with Crippen LogP contribution >= 0.6 is 0 Å². The molecule has 0 saturated carbocycles. The fourth-order valence-corrected chi connectivity index (χ4v) is 3.39. The van der Waals surface area contributed by atoms with E-state index in [-0.39, 0.29) is 5.97 Å². The first-order chi connectivity index (χ1) is 13.1. The van der Waals surface area contributed by atoms with Crippen LogP contribution < -0.4 is 0 Å². The quantitative estimate of drug-likeness (QED) is 0.596. The third-order valence-corrected chi connectivity index (χ3v) is 4.67. The maximum atomic E-state index is 11.4. The van der Waals surface area contributed by atoms with Crippen LogP contribution in [0.4, 0.5) is 0 Å². The van der Waals surface area contributed by atoms with E-state index in [4.69, 9.17) is 4.74 Å². The highest BCUT2D eigenvalue weighted by Crippen LogP contribution is 2.24. The van der Waals surface area contributed by atoms with Gasteiger partial charge in [0.2, 0.25) is 0 Å². The van der Waals surface area contributed by atoms with Crippen molar-refractivity contribution in [2.45, 2.75) is 25.8 Å². The Morgan fingerprint density at radius 2 is 1.81 bits per heavy atom. The Morgan fingerprint density at radius 1 is 1.04 bits per heavy atom. The molecule has 0 unspecified atom stereocenters. The molecule has 3 aromatic rings. The van der Waals surface area contributed by atoms with E-state index in [1.165, 1.54) is 29.0 Å². The second-order valence-corrected chi connectivity index (χ2v) is 7.08. The van der Waals surface area contributed by atoms with Crippen molar-refractivity contribution in [2.24, 2.45) is 0 Å². The molecule has 140 valence electrons. The summed E-state index contributed by atoms with van der Waals surface area (Å²) < 4.78 is 4.73. The van der Waals surface area contributed by atoms with Crippen LogP contribution in [0.2, 0.25) is 0 Å². The number of ether oxygens (including phenoxy) is 1. The average molecular weight is 362 g/mol. The van der Waals surface area contributed by atoms with E-state index in [0.717, 1.165) is 24.2 Å². The zero-order chi connectivity index (χ0) is 19.2. The number of rotatable bonds is 7. The summed E-state index contributed by atoms with van der Waals surface area (Å²) in [5.41, 5.74) is 4.74. The predicted molar refractivity (Wildman–Crippen MR) is 109 cm³/mol. The van der Waals surface area contributed by atoms with Crippen molar-refractivity contribution in [3.8, 4) is 0 Å². The molecular formula is C23H26N2O2. The van der Waals surface area contributed by atoms with Crippen LogP contribution in [0.25, 0.3) is 10.8 Å². The van der Waals surface area contributed by atoms with E-state index in [9.17, 15) is 4.79 Å². The van der Waals surface area contributed by atoms with Crippen molar-refractivity contribution in [2.75, 3.05) is 21.2 Å². The third-order valence-electron chi connectivity index (χ3n) is 4.67. The molecule has 0 fully saturated rings. The third kappa shape index (κ3) is 4.92. The minimum atomic E-state index is -0.176. The zero-order valence-electron chi connectivity index (χ0n) is 16.2. The first kappa shape index (κ1) is 19.1. The number of hydrogen-bond acceptors (Lipinski definition) is 4. The highest BCUT2D eigenvalue weighted by Gasteiger charge is 2.09. The molecule has 1 aromatic heterocycles. The van der Waals surface area contributed by atoms with E-state index in [0.29, 0.717) is 12.8 Å². The standard InChI is InChI=1S/C23H26N2O2/c1-25(2)16-19-8-5-9-21-20(19)12-13-24-22(21)15-18-7-4-6-17(14-18)10-11-23(26)27-3/h4-9,12-14H,10-11,15-16H2,1-3H3. The smallest absolute Gasteiger partial charge is 0.305 e. The highest BCUT2D eigenvalue weighted by molar-refractivity contribution is 5.87. The van der Waals surface area contributed by atoms with Gasteiger partial charge in [0.25, 0.3) is 0 Å². The van der Waals surface area contributed by atoms with Crippen LogP contribution in [0.15, 0.2) is 54.7 Å². The van der Waals surface area contributed by atoms with Crippen LogP contribution in [-0.4, -0.2) is 37.1 Å². The predicted octanol–water partition coefficient (Wildman–Crippen LogP) is 3.99. The van der Waals surface area contributed by atoms with Gasteiger partial charge in [0.15, 0.2) is 0 Å². The number of benzene rings is 2. The van der Waals surface area contributed by atoms with Crippen LogP contribution in [0.5, 0.6) is 0 Å². The van der Waals surface area contributed by atoms with Gasteiger partial charge >= 0.3 is 5.97 Å². The number of pyridine rings is 1. The molecule has 0 aliphatic rings. The fraction of sp³-hybridized carbons (Fsp3) is 0.304. The van der Waals surface area contributed by atoms with Crippen molar-refractivity contribution in [1.82, 2.24) is 9.88 Å². The number of aryl methyl sites for hydroxylation is 1. The maximum absolute atomic E-state index is 11.4. The summed E-state index contributed by atoms with van der Waals surface area (Å²) in [6.07, 6.45) is 3.77. The van der Waals surface area contributed by atoms with Crippen LogP contribution in [0.3, 0.4) is 0 Å². The van der Waals surface area contributed by atoms with Gasteiger partial charge in [-0.1, -0.05) is 42.5 Å². The number of aromatic nitrogens is 1. The number of fused-ring (bicyclic) bond motifs is 1. The molecule has 27 heavy (non-hydrogen) atoms. The lowest BCUT2D eigenvalue weighted by Gasteiger charge is -2.14. The van der Waals surface area contributed by atoms with Crippen molar-refractivity contribution < 1.29 is 9.53 Å². The average Bonchev–Trinajstić information content (AvgIpc) is 2.67. The molecule has 0 bridgehead atoms. The molecule has 2 aromatic carbocycles. The van der Waals surface area contributed by atoms with Gasteiger partial charge < -0.3 is 9.64 Å². The lowest BCUT2D eigenvalue weighted by atomic mass is 9.98. The largest absolute Gasteiger partial charge is 0.469 e. The summed E-state index contributed by atoms with van der Waals surface area (Å²) in [5.74, 6) is -0.176. The van der Waals surface area contributed by atoms with E-state index < -0.39 is 0 Å². The number of carbonyl (C=O) groups is 1. The highest BCUT2D eigenvalue weighted by atomic mass is 16.5. The Labute approximate surface area is 160 Å². The summed E-state index contributed by atoms with van der Waals surface area (Å²) in [6, 6.07) is 16.9. The summed E-state index contributed by atoms with van der Waals surface area (Å²) in [7, 11) is 5.59. The van der Waals surface area contributed by atoms with E-state index >= 15 is 0 Å². The Kier molecular flexibility index (Phi) is 6.20.